The van der Waals surface area contributed by atoms with E-state index in [0.717, 1.165) is 17.7 Å². The average Bonchev–Trinajstić information content (AvgIpc) is 2.29. The second-order valence-electron chi connectivity index (χ2n) is 2.45. The number of carbonyl (C=O) groups is 2. The van der Waals surface area contributed by atoms with Gasteiger partial charge in [-0.1, -0.05) is 13.3 Å². The van der Waals surface area contributed by atoms with E-state index in [1.54, 1.807) is 0 Å². The van der Waals surface area contributed by atoms with Crippen molar-refractivity contribution in [1.29, 1.82) is 0 Å². The van der Waals surface area contributed by atoms with Crippen LogP contribution in [0.15, 0.2) is 0 Å². The molecule has 0 saturated carbocycles. The summed E-state index contributed by atoms with van der Waals surface area (Å²) in [5.74, 6) is -0.219. The van der Waals surface area contributed by atoms with Gasteiger partial charge in [-0.2, -0.15) is 0 Å². The van der Waals surface area contributed by atoms with Crippen LogP contribution < -0.4 is 0 Å². The molecule has 62 valence electrons. The molecule has 1 aliphatic rings. The maximum absolute atomic E-state index is 10.9. The monoisotopic (exact) mass is 157 g/mol. The average molecular weight is 157 g/mol. The molecule has 11 heavy (non-hydrogen) atoms. The first kappa shape index (κ1) is 8.04. The Bertz CT molecular complexity index is 163. The molecule has 0 atom stereocenters. The number of cyclic esters (lactones) is 1. The standard InChI is InChI=1S/C7H11NO3/c1-2-3-4-8-6(9)5-11-7(8)10/h2-5H2,1H3. The molecular formula is C7H11NO3. The van der Waals surface area contributed by atoms with Crippen LogP contribution in [0.25, 0.3) is 0 Å². The Morgan fingerprint density at radius 1 is 1.55 bits per heavy atom. The van der Waals surface area contributed by atoms with Crippen LogP contribution in [0.2, 0.25) is 0 Å². The molecule has 0 unspecified atom stereocenters. The molecule has 1 aliphatic heterocycles. The van der Waals surface area contributed by atoms with Gasteiger partial charge in [0.15, 0.2) is 6.61 Å². The lowest BCUT2D eigenvalue weighted by Gasteiger charge is -2.08. The zero-order valence-corrected chi connectivity index (χ0v) is 6.50. The predicted octanol–water partition coefficient (Wildman–Crippen LogP) is 0.765. The third kappa shape index (κ3) is 1.69. The summed E-state index contributed by atoms with van der Waals surface area (Å²) in [4.78, 5) is 22.8. The van der Waals surface area contributed by atoms with Gasteiger partial charge in [0.25, 0.3) is 5.91 Å². The second-order valence-corrected chi connectivity index (χ2v) is 2.45. The summed E-state index contributed by atoms with van der Waals surface area (Å²) >= 11 is 0. The number of hydrogen-bond acceptors (Lipinski definition) is 3. The lowest BCUT2D eigenvalue weighted by Crippen LogP contribution is -2.29. The smallest absolute Gasteiger partial charge is 0.417 e. The number of unbranched alkanes of at least 4 members (excludes halogenated alkanes) is 1. The van der Waals surface area contributed by atoms with Crippen molar-refractivity contribution >= 4 is 12.0 Å². The van der Waals surface area contributed by atoms with Gasteiger partial charge in [-0.05, 0) is 6.42 Å². The lowest BCUT2D eigenvalue weighted by atomic mass is 10.3. The molecule has 0 spiro atoms. The molecule has 4 heteroatoms. The van der Waals surface area contributed by atoms with E-state index in [-0.39, 0.29) is 12.5 Å². The minimum atomic E-state index is -0.497. The molecule has 1 rings (SSSR count). The molecule has 0 radical (unpaired) electrons. The van der Waals surface area contributed by atoms with Gasteiger partial charge in [-0.25, -0.2) is 9.69 Å². The quantitative estimate of drug-likeness (QED) is 0.607. The zero-order valence-electron chi connectivity index (χ0n) is 6.50. The van der Waals surface area contributed by atoms with E-state index >= 15 is 0 Å². The van der Waals surface area contributed by atoms with E-state index in [9.17, 15) is 9.59 Å². The fraction of sp³-hybridized carbons (Fsp3) is 0.714. The van der Waals surface area contributed by atoms with E-state index in [2.05, 4.69) is 4.74 Å². The van der Waals surface area contributed by atoms with Crippen molar-refractivity contribution in [2.75, 3.05) is 13.2 Å². The highest BCUT2D eigenvalue weighted by Crippen LogP contribution is 2.06. The van der Waals surface area contributed by atoms with Gasteiger partial charge in [-0.3, -0.25) is 4.79 Å². The Morgan fingerprint density at radius 2 is 2.27 bits per heavy atom. The van der Waals surface area contributed by atoms with Crippen molar-refractivity contribution in [1.82, 2.24) is 4.90 Å². The van der Waals surface area contributed by atoms with Crippen LogP contribution in [0, 0.1) is 0 Å². The molecule has 0 aromatic rings. The van der Waals surface area contributed by atoms with Crippen molar-refractivity contribution in [3.63, 3.8) is 0 Å². The molecule has 4 nitrogen and oxygen atoms in total. The first-order chi connectivity index (χ1) is 5.25. The first-order valence-corrected chi connectivity index (χ1v) is 3.73. The van der Waals surface area contributed by atoms with Crippen LogP contribution in [-0.4, -0.2) is 30.1 Å². The van der Waals surface area contributed by atoms with E-state index in [1.807, 2.05) is 6.92 Å². The van der Waals surface area contributed by atoms with E-state index in [4.69, 9.17) is 0 Å². The summed E-state index contributed by atoms with van der Waals surface area (Å²) in [6.45, 7) is 2.42. The van der Waals surface area contributed by atoms with Gasteiger partial charge in [0, 0.05) is 6.54 Å². The number of imide groups is 1. The lowest BCUT2D eigenvalue weighted by molar-refractivity contribution is -0.125. The first-order valence-electron chi connectivity index (χ1n) is 3.73. The van der Waals surface area contributed by atoms with E-state index in [1.165, 1.54) is 0 Å². The zero-order chi connectivity index (χ0) is 8.27. The van der Waals surface area contributed by atoms with Crippen LogP contribution in [-0.2, 0) is 9.53 Å². The molecule has 0 bridgehead atoms. The Balaban J connectivity index is 2.41. The summed E-state index contributed by atoms with van der Waals surface area (Å²) in [6.07, 6.45) is 1.32. The SMILES string of the molecule is CCCCN1C(=O)COC1=O. The van der Waals surface area contributed by atoms with Gasteiger partial charge in [0.05, 0.1) is 0 Å². The Hall–Kier alpha value is -1.06. The van der Waals surface area contributed by atoms with Crippen molar-refractivity contribution in [3.05, 3.63) is 0 Å². The number of nitrogens with zero attached hydrogens (tertiary/aromatic N) is 1. The molecular weight excluding hydrogens is 146 g/mol. The summed E-state index contributed by atoms with van der Waals surface area (Å²) in [6, 6.07) is 0. The summed E-state index contributed by atoms with van der Waals surface area (Å²) in [5, 5.41) is 0. The Labute approximate surface area is 65.1 Å². The van der Waals surface area contributed by atoms with Gasteiger partial charge in [0.2, 0.25) is 0 Å². The Kier molecular flexibility index (Phi) is 2.46. The highest BCUT2D eigenvalue weighted by atomic mass is 16.6. The van der Waals surface area contributed by atoms with Gasteiger partial charge in [-0.15, -0.1) is 0 Å². The van der Waals surface area contributed by atoms with Gasteiger partial charge >= 0.3 is 6.09 Å². The molecule has 1 heterocycles. The molecule has 1 saturated heterocycles. The highest BCUT2D eigenvalue weighted by Gasteiger charge is 2.29. The predicted molar refractivity (Wildman–Crippen MR) is 38.0 cm³/mol. The molecule has 0 N–H and O–H groups in total. The topological polar surface area (TPSA) is 46.6 Å². The molecule has 2 amide bonds. The van der Waals surface area contributed by atoms with Crippen molar-refractivity contribution in [3.8, 4) is 0 Å². The fourth-order valence-electron chi connectivity index (χ4n) is 0.913. The molecule has 0 aromatic heterocycles. The normalized spacial score (nSPS) is 17.4. The van der Waals surface area contributed by atoms with Gasteiger partial charge in [0.1, 0.15) is 0 Å². The van der Waals surface area contributed by atoms with Crippen LogP contribution in [0.1, 0.15) is 19.8 Å². The van der Waals surface area contributed by atoms with Crippen molar-refractivity contribution in [2.45, 2.75) is 19.8 Å². The maximum Gasteiger partial charge on any atom is 0.417 e. The van der Waals surface area contributed by atoms with Crippen molar-refractivity contribution in [2.24, 2.45) is 0 Å². The number of carbonyl (C=O) groups excluding carboxylic acids is 2. The second kappa shape index (κ2) is 3.37. The van der Waals surface area contributed by atoms with Crippen LogP contribution in [0.4, 0.5) is 4.79 Å². The number of amides is 2. The largest absolute Gasteiger partial charge is 0.439 e. The third-order valence-electron chi connectivity index (χ3n) is 1.58. The van der Waals surface area contributed by atoms with Gasteiger partial charge < -0.3 is 4.74 Å². The molecule has 0 aliphatic carbocycles. The van der Waals surface area contributed by atoms with E-state index in [0.29, 0.717) is 6.54 Å². The third-order valence-corrected chi connectivity index (χ3v) is 1.58. The number of hydrogen-bond donors (Lipinski definition) is 0. The Morgan fingerprint density at radius 3 is 2.73 bits per heavy atom. The highest BCUT2D eigenvalue weighted by molar-refractivity contribution is 5.97. The maximum atomic E-state index is 10.9. The van der Waals surface area contributed by atoms with Crippen molar-refractivity contribution < 1.29 is 14.3 Å². The minimum Gasteiger partial charge on any atom is -0.439 e. The summed E-state index contributed by atoms with van der Waals surface area (Å²) in [7, 11) is 0. The number of rotatable bonds is 3. The van der Waals surface area contributed by atoms with Crippen LogP contribution in [0.5, 0.6) is 0 Å². The summed E-state index contributed by atoms with van der Waals surface area (Å²) in [5.41, 5.74) is 0. The molecule has 1 fully saturated rings. The number of ether oxygens (including phenoxy) is 1. The molecule has 0 aromatic carbocycles. The fourth-order valence-corrected chi connectivity index (χ4v) is 0.913. The van der Waals surface area contributed by atoms with Crippen LogP contribution in [0.3, 0.4) is 0 Å². The summed E-state index contributed by atoms with van der Waals surface area (Å²) < 4.78 is 4.51. The minimum absolute atomic E-state index is 0.0808. The van der Waals surface area contributed by atoms with E-state index < -0.39 is 6.09 Å². The van der Waals surface area contributed by atoms with Crippen LogP contribution >= 0.6 is 0 Å².